The number of para-hydroxylation sites is 1. The van der Waals surface area contributed by atoms with E-state index in [4.69, 9.17) is 9.47 Å². The Morgan fingerprint density at radius 1 is 1.11 bits per heavy atom. The number of methoxy groups -OCH3 is 2. The van der Waals surface area contributed by atoms with E-state index in [-0.39, 0.29) is 5.91 Å². The van der Waals surface area contributed by atoms with Crippen molar-refractivity contribution in [2.24, 2.45) is 0 Å². The molecule has 0 aliphatic carbocycles. The molecule has 0 fully saturated rings. The zero-order chi connectivity index (χ0) is 20.5. The fraction of sp³-hybridized carbons (Fsp3) is 0.350. The number of hydrogen-bond donors (Lipinski definition) is 0. The number of rotatable bonds is 6. The van der Waals surface area contributed by atoms with Crippen LogP contribution in [0.1, 0.15) is 12.5 Å². The molecule has 1 unspecified atom stereocenters. The normalized spacial score (nSPS) is 14.4. The third-order valence-electron chi connectivity index (χ3n) is 4.84. The van der Waals surface area contributed by atoms with Gasteiger partial charge in [0.25, 0.3) is 5.91 Å². The largest absolute Gasteiger partial charge is 0.493 e. The van der Waals surface area contributed by atoms with Gasteiger partial charge in [0.2, 0.25) is 10.0 Å². The highest BCUT2D eigenvalue weighted by molar-refractivity contribution is 7.92. The molecular weight excluding hydrogens is 380 g/mol. The first-order valence-electron chi connectivity index (χ1n) is 8.88. The highest BCUT2D eigenvalue weighted by Crippen LogP contribution is 2.34. The number of nitrogens with zero attached hydrogens (tertiary/aromatic N) is 2. The van der Waals surface area contributed by atoms with Crippen molar-refractivity contribution < 1.29 is 22.7 Å². The van der Waals surface area contributed by atoms with Gasteiger partial charge in [0, 0.05) is 18.3 Å². The molecule has 0 spiro atoms. The van der Waals surface area contributed by atoms with E-state index < -0.39 is 16.1 Å². The monoisotopic (exact) mass is 404 g/mol. The highest BCUT2D eigenvalue weighted by atomic mass is 32.2. The Bertz CT molecular complexity index is 990. The molecule has 1 amide bonds. The first-order valence-corrected chi connectivity index (χ1v) is 10.7. The highest BCUT2D eigenvalue weighted by Gasteiger charge is 2.35. The summed E-state index contributed by atoms with van der Waals surface area (Å²) in [6.45, 7) is 2.13. The predicted octanol–water partition coefficient (Wildman–Crippen LogP) is 2.45. The number of carbonyl (C=O) groups is 1. The smallest absolute Gasteiger partial charge is 0.250 e. The number of benzene rings is 2. The van der Waals surface area contributed by atoms with Gasteiger partial charge in [-0.3, -0.25) is 9.10 Å². The van der Waals surface area contributed by atoms with Gasteiger partial charge in [-0.25, -0.2) is 8.42 Å². The third kappa shape index (κ3) is 3.64. The van der Waals surface area contributed by atoms with E-state index >= 15 is 0 Å². The van der Waals surface area contributed by atoms with Gasteiger partial charge in [-0.2, -0.15) is 0 Å². The lowest BCUT2D eigenvalue weighted by atomic mass is 10.2. The summed E-state index contributed by atoms with van der Waals surface area (Å²) in [5.41, 5.74) is 2.26. The minimum atomic E-state index is -3.72. The Kier molecular flexibility index (Phi) is 5.51. The van der Waals surface area contributed by atoms with Crippen molar-refractivity contribution in [2.45, 2.75) is 19.4 Å². The van der Waals surface area contributed by atoms with Crippen molar-refractivity contribution in [3.63, 3.8) is 0 Å². The SMILES string of the molecule is COc1ccc(N(C(C)C(=O)N2CCc3ccccc32)S(C)(=O)=O)cc1OC. The molecule has 2 aromatic rings. The van der Waals surface area contributed by atoms with Crippen molar-refractivity contribution in [1.82, 2.24) is 0 Å². The van der Waals surface area contributed by atoms with Crippen LogP contribution < -0.4 is 18.7 Å². The van der Waals surface area contributed by atoms with Crippen LogP contribution in [0, 0.1) is 0 Å². The minimum Gasteiger partial charge on any atom is -0.493 e. The van der Waals surface area contributed by atoms with Gasteiger partial charge in [-0.15, -0.1) is 0 Å². The second kappa shape index (κ2) is 7.71. The molecule has 1 atom stereocenters. The van der Waals surface area contributed by atoms with Crippen LogP contribution in [0.15, 0.2) is 42.5 Å². The van der Waals surface area contributed by atoms with Crippen LogP contribution in [0.3, 0.4) is 0 Å². The fourth-order valence-electron chi connectivity index (χ4n) is 3.56. The number of fused-ring (bicyclic) bond motifs is 1. The molecule has 7 nitrogen and oxygen atoms in total. The van der Waals surface area contributed by atoms with Crippen molar-refractivity contribution in [3.05, 3.63) is 48.0 Å². The molecule has 1 heterocycles. The molecule has 1 aliphatic heterocycles. The van der Waals surface area contributed by atoms with E-state index in [0.29, 0.717) is 23.7 Å². The van der Waals surface area contributed by atoms with E-state index in [2.05, 4.69) is 0 Å². The predicted molar refractivity (Wildman–Crippen MR) is 109 cm³/mol. The maximum atomic E-state index is 13.2. The Labute approximate surface area is 165 Å². The molecule has 0 aromatic heterocycles. The zero-order valence-electron chi connectivity index (χ0n) is 16.4. The van der Waals surface area contributed by atoms with Gasteiger partial charge in [0.1, 0.15) is 6.04 Å². The third-order valence-corrected chi connectivity index (χ3v) is 6.08. The van der Waals surface area contributed by atoms with Crippen LogP contribution in [-0.4, -0.2) is 47.4 Å². The van der Waals surface area contributed by atoms with Gasteiger partial charge < -0.3 is 14.4 Å². The number of ether oxygens (including phenoxy) is 2. The lowest BCUT2D eigenvalue weighted by Gasteiger charge is -2.31. The van der Waals surface area contributed by atoms with E-state index in [1.165, 1.54) is 14.2 Å². The van der Waals surface area contributed by atoms with Crippen LogP contribution in [0.25, 0.3) is 0 Å². The first-order chi connectivity index (χ1) is 13.3. The Balaban J connectivity index is 1.98. The van der Waals surface area contributed by atoms with Crippen molar-refractivity contribution in [1.29, 1.82) is 0 Å². The minimum absolute atomic E-state index is 0.273. The number of carbonyl (C=O) groups excluding carboxylic acids is 1. The molecule has 0 saturated carbocycles. The summed E-state index contributed by atoms with van der Waals surface area (Å²) in [4.78, 5) is 14.9. The topological polar surface area (TPSA) is 76.2 Å². The summed E-state index contributed by atoms with van der Waals surface area (Å²) in [5.74, 6) is 0.595. The fourth-order valence-corrected chi connectivity index (χ4v) is 4.72. The van der Waals surface area contributed by atoms with Crippen LogP contribution >= 0.6 is 0 Å². The van der Waals surface area contributed by atoms with Gasteiger partial charge in [-0.05, 0) is 37.1 Å². The van der Waals surface area contributed by atoms with E-state index in [1.54, 1.807) is 30.0 Å². The van der Waals surface area contributed by atoms with Crippen LogP contribution in [0.4, 0.5) is 11.4 Å². The van der Waals surface area contributed by atoms with Crippen LogP contribution in [0.2, 0.25) is 0 Å². The molecule has 2 aromatic carbocycles. The summed E-state index contributed by atoms with van der Waals surface area (Å²) in [5, 5.41) is 0. The molecule has 0 N–H and O–H groups in total. The summed E-state index contributed by atoms with van der Waals surface area (Å²) in [6.07, 6.45) is 1.84. The maximum absolute atomic E-state index is 13.2. The molecule has 150 valence electrons. The Morgan fingerprint density at radius 2 is 1.79 bits per heavy atom. The Morgan fingerprint density at radius 3 is 2.43 bits per heavy atom. The van der Waals surface area contributed by atoms with Gasteiger partial charge in [-0.1, -0.05) is 18.2 Å². The molecule has 28 heavy (non-hydrogen) atoms. The summed E-state index contributed by atoms with van der Waals surface area (Å²) >= 11 is 0. The quantitative estimate of drug-likeness (QED) is 0.739. The van der Waals surface area contributed by atoms with E-state index in [1.807, 2.05) is 24.3 Å². The van der Waals surface area contributed by atoms with E-state index in [9.17, 15) is 13.2 Å². The lowest BCUT2D eigenvalue weighted by Crippen LogP contribution is -2.49. The average Bonchev–Trinajstić information content (AvgIpc) is 3.10. The van der Waals surface area contributed by atoms with Gasteiger partial charge in [0.15, 0.2) is 11.5 Å². The average molecular weight is 404 g/mol. The molecule has 8 heteroatoms. The van der Waals surface area contributed by atoms with Gasteiger partial charge >= 0.3 is 0 Å². The number of anilines is 2. The molecule has 3 rings (SSSR count). The summed E-state index contributed by atoms with van der Waals surface area (Å²) in [6, 6.07) is 11.5. The van der Waals surface area contributed by atoms with Crippen molar-refractivity contribution in [3.8, 4) is 11.5 Å². The Hall–Kier alpha value is -2.74. The molecule has 0 saturated heterocycles. The molecule has 0 bridgehead atoms. The first kappa shape index (κ1) is 20.0. The van der Waals surface area contributed by atoms with Crippen LogP contribution in [0.5, 0.6) is 11.5 Å². The van der Waals surface area contributed by atoms with E-state index in [0.717, 1.165) is 28.2 Å². The molecular formula is C20H24N2O5S. The standard InChI is InChI=1S/C20H24N2O5S/c1-14(20(23)21-12-11-15-7-5-6-8-17(15)21)22(28(4,24)25)16-9-10-18(26-2)19(13-16)27-3/h5-10,13-14H,11-12H2,1-4H3. The summed E-state index contributed by atoms with van der Waals surface area (Å²) < 4.78 is 36.8. The molecule has 0 radical (unpaired) electrons. The van der Waals surface area contributed by atoms with Crippen LogP contribution in [-0.2, 0) is 21.2 Å². The van der Waals surface area contributed by atoms with Crippen molar-refractivity contribution >= 4 is 27.3 Å². The second-order valence-electron chi connectivity index (χ2n) is 6.64. The lowest BCUT2D eigenvalue weighted by molar-refractivity contribution is -0.119. The second-order valence-corrected chi connectivity index (χ2v) is 8.50. The zero-order valence-corrected chi connectivity index (χ0v) is 17.2. The number of sulfonamides is 1. The summed E-state index contributed by atoms with van der Waals surface area (Å²) in [7, 11) is -0.747. The number of hydrogen-bond acceptors (Lipinski definition) is 5. The maximum Gasteiger partial charge on any atom is 0.250 e. The number of amides is 1. The van der Waals surface area contributed by atoms with Gasteiger partial charge in [0.05, 0.1) is 26.2 Å². The molecule has 1 aliphatic rings. The van der Waals surface area contributed by atoms with Crippen molar-refractivity contribution in [2.75, 3.05) is 36.2 Å².